The topological polar surface area (TPSA) is 460 Å². The minimum atomic E-state index is -2.09. The third-order valence-corrected chi connectivity index (χ3v) is 13.9. The summed E-state index contributed by atoms with van der Waals surface area (Å²) in [7, 11) is 0. The molecule has 0 saturated carbocycles. The average molecular weight is 1110 g/mol. The van der Waals surface area contributed by atoms with Crippen molar-refractivity contribution in [1.82, 2.24) is 61.9 Å². The Hall–Kier alpha value is -8.02. The molecular weight excluding hydrogens is 1040 g/mol. The Morgan fingerprint density at radius 1 is 0.525 bits per heavy atom. The molecule has 5 rings (SSSR count). The highest BCUT2D eigenvalue weighted by Gasteiger charge is 2.41. The van der Waals surface area contributed by atoms with Crippen LogP contribution in [-0.4, -0.2) is 150 Å². The fraction of sp³-hybridized carbons (Fsp3) is 0.500. The number of Topliss-reactive ketones (excluding diaryl/α,β-unsaturated/α-hetero) is 4. The summed E-state index contributed by atoms with van der Waals surface area (Å²) in [5, 5.41) is 31.1. The van der Waals surface area contributed by atoms with Crippen LogP contribution in [0, 0.1) is 11.8 Å². The molecule has 1 aliphatic heterocycles. The van der Waals surface area contributed by atoms with E-state index in [9.17, 15) is 47.9 Å². The summed E-state index contributed by atoms with van der Waals surface area (Å²) in [6, 6.07) is -1.84. The number of benzene rings is 2. The Labute approximate surface area is 461 Å². The first-order valence-corrected chi connectivity index (χ1v) is 26.5. The van der Waals surface area contributed by atoms with E-state index in [1.54, 1.807) is 39.8 Å². The van der Waals surface area contributed by atoms with Gasteiger partial charge in [0.25, 0.3) is 35.4 Å². The number of unbranched alkanes of at least 4 members (excludes halogenated alkanes) is 2. The SMILES string of the molecule is CC[C@H](C)[C@H](N)C(=O)[C@@H]1NC(=O)c2ccccc2-n2cc(nn2)CNC(=O)[C@H](C(=O)[C@@H](N)CCCCN)NC(=O)[C@H](C(=O)[C@@H](N)[C@@H](C)CC)NC(=O)c2ccccc2-n2cc(nn2)CNC(=O)[C@H](C(=O)[C@@H](N)CCCCN)NC1=O. The first-order chi connectivity index (χ1) is 38.2. The van der Waals surface area contributed by atoms with Gasteiger partial charge in [0.2, 0.25) is 0 Å². The van der Waals surface area contributed by atoms with Crippen molar-refractivity contribution in [2.45, 2.75) is 140 Å². The highest BCUT2D eigenvalue weighted by atomic mass is 16.2. The molecule has 2 aromatic carbocycles. The van der Waals surface area contributed by atoms with Crippen molar-refractivity contribution >= 4 is 58.6 Å². The van der Waals surface area contributed by atoms with Crippen molar-refractivity contribution in [3.63, 3.8) is 0 Å². The first-order valence-electron chi connectivity index (χ1n) is 26.5. The summed E-state index contributed by atoms with van der Waals surface area (Å²) >= 11 is 0. The fourth-order valence-electron chi connectivity index (χ4n) is 8.40. The molecule has 1 aliphatic rings. The smallest absolute Gasteiger partial charge is 0.254 e. The van der Waals surface area contributed by atoms with E-state index in [4.69, 9.17) is 34.4 Å². The Bertz CT molecular complexity index is 2680. The van der Waals surface area contributed by atoms with E-state index in [2.05, 4.69) is 52.5 Å². The minimum Gasteiger partial charge on any atom is -0.348 e. The lowest BCUT2D eigenvalue weighted by atomic mass is 9.91. The van der Waals surface area contributed by atoms with Crippen molar-refractivity contribution in [2.24, 2.45) is 46.2 Å². The number of ketones is 4. The molecule has 2 aromatic heterocycles. The number of nitrogens with two attached hydrogens (primary N) is 6. The van der Waals surface area contributed by atoms with Crippen LogP contribution < -0.4 is 66.3 Å². The Morgan fingerprint density at radius 3 is 1.23 bits per heavy atom. The molecule has 4 aromatic rings. The van der Waals surface area contributed by atoms with Crippen LogP contribution in [0.15, 0.2) is 60.9 Å². The summed E-state index contributed by atoms with van der Waals surface area (Å²) in [6.07, 6.45) is 5.29. The number of fused-ring (bicyclic) bond motifs is 8. The molecule has 6 amide bonds. The molecule has 0 aliphatic carbocycles. The van der Waals surface area contributed by atoms with E-state index in [-0.39, 0.29) is 59.8 Å². The van der Waals surface area contributed by atoms with E-state index in [1.807, 2.05) is 0 Å². The number of carbonyl (C=O) groups is 10. The van der Waals surface area contributed by atoms with Gasteiger partial charge in [0.15, 0.2) is 47.3 Å². The molecule has 0 saturated heterocycles. The van der Waals surface area contributed by atoms with Gasteiger partial charge in [0.05, 0.1) is 72.2 Å². The number of hydrogen-bond acceptors (Lipinski definition) is 20. The molecule has 18 N–H and O–H groups in total. The van der Waals surface area contributed by atoms with Gasteiger partial charge in [-0.3, -0.25) is 47.9 Å². The summed E-state index contributed by atoms with van der Waals surface area (Å²) in [6.45, 7) is 6.54. The number of aromatic nitrogens is 6. The summed E-state index contributed by atoms with van der Waals surface area (Å²) in [4.78, 5) is 143. The predicted molar refractivity (Wildman–Crippen MR) is 289 cm³/mol. The average Bonchev–Trinajstić information content (AvgIpc) is 4.17. The van der Waals surface area contributed by atoms with Gasteiger partial charge >= 0.3 is 0 Å². The molecule has 0 unspecified atom stereocenters. The van der Waals surface area contributed by atoms with E-state index < -0.39 is 132 Å². The molecule has 4 bridgehead atoms. The maximum atomic E-state index is 14.5. The Kier molecular flexibility index (Phi) is 23.4. The van der Waals surface area contributed by atoms with Crippen LogP contribution >= 0.6 is 0 Å². The van der Waals surface area contributed by atoms with Crippen molar-refractivity contribution in [2.75, 3.05) is 13.1 Å². The largest absolute Gasteiger partial charge is 0.348 e. The second-order valence-electron chi connectivity index (χ2n) is 19.7. The molecule has 3 heterocycles. The van der Waals surface area contributed by atoms with Crippen molar-refractivity contribution in [1.29, 1.82) is 0 Å². The van der Waals surface area contributed by atoms with Gasteiger partial charge in [0, 0.05) is 0 Å². The molecule has 0 radical (unpaired) electrons. The van der Waals surface area contributed by atoms with E-state index in [0.717, 1.165) is 9.36 Å². The van der Waals surface area contributed by atoms with Gasteiger partial charge in [0.1, 0.15) is 11.4 Å². The van der Waals surface area contributed by atoms with Crippen LogP contribution in [0.3, 0.4) is 0 Å². The van der Waals surface area contributed by atoms with Crippen LogP contribution in [0.25, 0.3) is 11.4 Å². The molecule has 0 spiro atoms. The molecule has 28 heteroatoms. The number of carbonyl (C=O) groups excluding carboxylic acids is 10. The van der Waals surface area contributed by atoms with Crippen molar-refractivity contribution in [3.05, 3.63) is 83.4 Å². The standard InChI is InChI=1S/C52H74N18O10/c1-5-27(3)37(57)45(73)41-51(79)63-39(43(71)33(55)17-11-13-21-53)49(77)59-23-29-26-70(68-66-29)36-20-10-8-16-32(36)48(76)62-42(46(74)38(58)28(4)6-2)52(80)64-40(44(72)34(56)18-12-14-22-54)50(78)60-24-30-25-69(67-65-30)35-19-9-7-15-31(35)47(75)61-41/h7-10,15-16,19-20,25-28,33-34,37-42H,5-6,11-14,17-18,21-24,53-58H2,1-4H3,(H,59,77)(H,60,78)(H,61,75)(H,62,76)(H,63,79)(H,64,80)/t27-,28-,33-,34-,37-,38-,39-,40-,41-,42-/m0/s1. The second-order valence-corrected chi connectivity index (χ2v) is 19.7. The highest BCUT2D eigenvalue weighted by molar-refractivity contribution is 6.17. The van der Waals surface area contributed by atoms with Gasteiger partial charge in [-0.1, -0.05) is 88.1 Å². The Morgan fingerprint density at radius 2 is 0.875 bits per heavy atom. The number of amides is 6. The van der Waals surface area contributed by atoms with Gasteiger partial charge < -0.3 is 66.3 Å². The number of hydrogen-bond donors (Lipinski definition) is 12. The van der Waals surface area contributed by atoms with Crippen LogP contribution in [0.4, 0.5) is 0 Å². The first kappa shape index (κ1) is 62.8. The van der Waals surface area contributed by atoms with Gasteiger partial charge in [-0.05, 0) is 74.9 Å². The van der Waals surface area contributed by atoms with Crippen LogP contribution in [0.2, 0.25) is 0 Å². The van der Waals surface area contributed by atoms with E-state index in [1.165, 1.54) is 48.8 Å². The monoisotopic (exact) mass is 1110 g/mol. The van der Waals surface area contributed by atoms with Crippen molar-refractivity contribution < 1.29 is 47.9 Å². The number of rotatable bonds is 20. The summed E-state index contributed by atoms with van der Waals surface area (Å²) in [5.74, 6) is -11.5. The quantitative estimate of drug-likeness (QED) is 0.0308. The summed E-state index contributed by atoms with van der Waals surface area (Å²) < 4.78 is 2.29. The maximum absolute atomic E-state index is 14.5. The molecule has 0 fully saturated rings. The number of nitrogens with one attached hydrogen (secondary N) is 6. The second kappa shape index (κ2) is 29.8. The Balaban J connectivity index is 1.64. The zero-order valence-electron chi connectivity index (χ0n) is 45.3. The number of nitrogens with zero attached hydrogens (tertiary/aromatic N) is 6. The third-order valence-electron chi connectivity index (χ3n) is 13.9. The maximum Gasteiger partial charge on any atom is 0.254 e. The van der Waals surface area contributed by atoms with Gasteiger partial charge in [-0.25, -0.2) is 9.36 Å². The minimum absolute atomic E-state index is 0.0479. The zero-order chi connectivity index (χ0) is 58.8. The molecular formula is C52H74N18O10. The third kappa shape index (κ3) is 16.1. The molecule has 10 atom stereocenters. The van der Waals surface area contributed by atoms with E-state index >= 15 is 0 Å². The van der Waals surface area contributed by atoms with Crippen molar-refractivity contribution in [3.8, 4) is 11.4 Å². The molecule has 432 valence electrons. The zero-order valence-corrected chi connectivity index (χ0v) is 45.3. The van der Waals surface area contributed by atoms with Crippen LogP contribution in [-0.2, 0) is 51.4 Å². The number of para-hydroxylation sites is 2. The van der Waals surface area contributed by atoms with Crippen LogP contribution in [0.1, 0.15) is 111 Å². The van der Waals surface area contributed by atoms with Gasteiger partial charge in [-0.15, -0.1) is 10.2 Å². The lowest BCUT2D eigenvalue weighted by Crippen LogP contribution is -2.62. The molecule has 28 nitrogen and oxygen atoms in total. The summed E-state index contributed by atoms with van der Waals surface area (Å²) in [5.41, 5.74) is 36.6. The highest BCUT2D eigenvalue weighted by Crippen LogP contribution is 2.19. The predicted octanol–water partition coefficient (Wildman–Crippen LogP) is -3.10. The fourth-order valence-corrected chi connectivity index (χ4v) is 8.40. The van der Waals surface area contributed by atoms with Gasteiger partial charge in [-0.2, -0.15) is 0 Å². The molecule has 80 heavy (non-hydrogen) atoms. The lowest BCUT2D eigenvalue weighted by molar-refractivity contribution is -0.139. The van der Waals surface area contributed by atoms with Crippen LogP contribution in [0.5, 0.6) is 0 Å². The lowest BCUT2D eigenvalue weighted by Gasteiger charge is -2.26. The normalized spacial score (nSPS) is 20.2. The van der Waals surface area contributed by atoms with E-state index in [0.29, 0.717) is 38.5 Å².